The van der Waals surface area contributed by atoms with Gasteiger partial charge < -0.3 is 0 Å². The molecule has 0 aliphatic carbocycles. The molecule has 0 spiro atoms. The fraction of sp³-hybridized carbons (Fsp3) is 0. The number of para-hydroxylation sites is 4. The zero-order chi connectivity index (χ0) is 22.5. The van der Waals surface area contributed by atoms with Gasteiger partial charge in [0.2, 0.25) is 0 Å². The summed E-state index contributed by atoms with van der Waals surface area (Å²) >= 11 is 0. The predicted molar refractivity (Wildman–Crippen MR) is 139 cm³/mol. The molecule has 0 fully saturated rings. The van der Waals surface area contributed by atoms with Crippen LogP contribution < -0.4 is 0 Å². The van der Waals surface area contributed by atoms with Gasteiger partial charge in [-0.3, -0.25) is 0 Å². The molecule has 4 aromatic carbocycles. The van der Waals surface area contributed by atoms with Crippen molar-refractivity contribution < 1.29 is 0 Å². The molecule has 34 heavy (non-hydrogen) atoms. The van der Waals surface area contributed by atoms with E-state index in [9.17, 15) is 0 Å². The first-order valence-electron chi connectivity index (χ1n) is 11.3. The van der Waals surface area contributed by atoms with Crippen LogP contribution in [0.25, 0.3) is 66.4 Å². The highest BCUT2D eigenvalue weighted by molar-refractivity contribution is 6.03. The summed E-state index contributed by atoms with van der Waals surface area (Å²) in [6.07, 6.45) is 0. The van der Waals surface area contributed by atoms with Gasteiger partial charge in [-0.2, -0.15) is 0 Å². The maximum atomic E-state index is 5.05. The molecule has 0 atom stereocenters. The number of fused-ring (bicyclic) bond motifs is 4. The standard InChI is InChI=1S/C30H18N4/c1-3-9-22-19(7-1)13-16-24(31-22)21-15-18-28-30(34-26-12-6-5-11-25(26)33-28)29(21)27-17-14-20-8-2-4-10-23(20)32-27/h1-18H. The van der Waals surface area contributed by atoms with Crippen molar-refractivity contribution in [1.82, 2.24) is 19.9 Å². The molecule has 158 valence electrons. The maximum absolute atomic E-state index is 5.05. The van der Waals surface area contributed by atoms with Crippen molar-refractivity contribution in [1.29, 1.82) is 0 Å². The Hall–Kier alpha value is -4.70. The molecule has 0 aliphatic heterocycles. The van der Waals surface area contributed by atoms with E-state index < -0.39 is 0 Å². The van der Waals surface area contributed by atoms with Crippen LogP contribution in [0.1, 0.15) is 0 Å². The minimum atomic E-state index is 0.828. The van der Waals surface area contributed by atoms with Crippen molar-refractivity contribution in [2.75, 3.05) is 0 Å². The Morgan fingerprint density at radius 2 is 0.912 bits per heavy atom. The van der Waals surface area contributed by atoms with Crippen molar-refractivity contribution in [3.8, 4) is 22.5 Å². The van der Waals surface area contributed by atoms with Gasteiger partial charge in [-0.05, 0) is 48.5 Å². The average Bonchev–Trinajstić information content (AvgIpc) is 2.90. The second-order valence-corrected chi connectivity index (χ2v) is 8.35. The first kappa shape index (κ1) is 18.8. The highest BCUT2D eigenvalue weighted by Crippen LogP contribution is 2.37. The molecule has 0 unspecified atom stereocenters. The minimum Gasteiger partial charge on any atom is -0.248 e. The second kappa shape index (κ2) is 7.42. The van der Waals surface area contributed by atoms with Gasteiger partial charge in [-0.1, -0.05) is 60.7 Å². The van der Waals surface area contributed by atoms with E-state index in [2.05, 4.69) is 42.5 Å². The lowest BCUT2D eigenvalue weighted by molar-refractivity contribution is 1.34. The van der Waals surface area contributed by atoms with Gasteiger partial charge in [-0.25, -0.2) is 19.9 Å². The third-order valence-electron chi connectivity index (χ3n) is 6.24. The monoisotopic (exact) mass is 434 g/mol. The van der Waals surface area contributed by atoms with Gasteiger partial charge in [0, 0.05) is 21.9 Å². The maximum Gasteiger partial charge on any atom is 0.0995 e. The van der Waals surface area contributed by atoms with Crippen LogP contribution in [0, 0.1) is 0 Å². The van der Waals surface area contributed by atoms with E-state index in [1.54, 1.807) is 0 Å². The van der Waals surface area contributed by atoms with Gasteiger partial charge >= 0.3 is 0 Å². The molecular formula is C30H18N4. The summed E-state index contributed by atoms with van der Waals surface area (Å²) in [7, 11) is 0. The van der Waals surface area contributed by atoms with Crippen molar-refractivity contribution >= 4 is 43.9 Å². The quantitative estimate of drug-likeness (QED) is 0.270. The number of nitrogens with zero attached hydrogens (tertiary/aromatic N) is 4. The summed E-state index contributed by atoms with van der Waals surface area (Å²) in [5, 5.41) is 2.22. The first-order valence-corrected chi connectivity index (χ1v) is 11.3. The third-order valence-corrected chi connectivity index (χ3v) is 6.24. The van der Waals surface area contributed by atoms with E-state index in [0.29, 0.717) is 0 Å². The fourth-order valence-corrected chi connectivity index (χ4v) is 4.58. The summed E-state index contributed by atoms with van der Waals surface area (Å²) in [6, 6.07) is 36.8. The Morgan fingerprint density at radius 1 is 0.353 bits per heavy atom. The van der Waals surface area contributed by atoms with Gasteiger partial charge in [0.15, 0.2) is 0 Å². The van der Waals surface area contributed by atoms with Crippen LogP contribution in [-0.2, 0) is 0 Å². The van der Waals surface area contributed by atoms with Gasteiger partial charge in [0.05, 0.1) is 44.5 Å². The summed E-state index contributed by atoms with van der Waals surface area (Å²) in [5.41, 5.74) is 9.01. The Bertz CT molecular complexity index is 1870. The smallest absolute Gasteiger partial charge is 0.0995 e. The zero-order valence-corrected chi connectivity index (χ0v) is 18.2. The lowest BCUT2D eigenvalue weighted by Crippen LogP contribution is -1.96. The van der Waals surface area contributed by atoms with Crippen molar-refractivity contribution in [3.63, 3.8) is 0 Å². The van der Waals surface area contributed by atoms with Gasteiger partial charge in [0.1, 0.15) is 0 Å². The van der Waals surface area contributed by atoms with Crippen LogP contribution in [0.2, 0.25) is 0 Å². The molecule has 4 heteroatoms. The molecule has 0 amide bonds. The van der Waals surface area contributed by atoms with Gasteiger partial charge in [-0.15, -0.1) is 0 Å². The normalized spacial score (nSPS) is 11.5. The van der Waals surface area contributed by atoms with E-state index in [1.165, 1.54) is 0 Å². The highest BCUT2D eigenvalue weighted by Gasteiger charge is 2.17. The van der Waals surface area contributed by atoms with Crippen LogP contribution in [0.3, 0.4) is 0 Å². The van der Waals surface area contributed by atoms with Crippen molar-refractivity contribution in [2.24, 2.45) is 0 Å². The van der Waals surface area contributed by atoms with E-state index in [1.807, 2.05) is 66.7 Å². The Morgan fingerprint density at radius 3 is 1.62 bits per heavy atom. The summed E-state index contributed by atoms with van der Waals surface area (Å²) in [5.74, 6) is 0. The molecule has 0 aliphatic rings. The van der Waals surface area contributed by atoms with E-state index in [0.717, 1.165) is 66.4 Å². The molecule has 0 N–H and O–H groups in total. The van der Waals surface area contributed by atoms with Crippen molar-refractivity contribution in [2.45, 2.75) is 0 Å². The number of pyridine rings is 2. The number of hydrogen-bond acceptors (Lipinski definition) is 4. The lowest BCUT2D eigenvalue weighted by Gasteiger charge is -2.14. The number of benzene rings is 4. The molecule has 7 rings (SSSR count). The Balaban J connectivity index is 1.58. The molecular weight excluding hydrogens is 416 g/mol. The van der Waals surface area contributed by atoms with E-state index in [-0.39, 0.29) is 0 Å². The fourth-order valence-electron chi connectivity index (χ4n) is 4.58. The van der Waals surface area contributed by atoms with Crippen molar-refractivity contribution in [3.05, 3.63) is 109 Å². The predicted octanol–water partition coefficient (Wildman–Crippen LogP) is 7.21. The van der Waals surface area contributed by atoms with E-state index >= 15 is 0 Å². The van der Waals surface area contributed by atoms with Crippen LogP contribution >= 0.6 is 0 Å². The number of rotatable bonds is 2. The number of hydrogen-bond donors (Lipinski definition) is 0. The Labute approximate surface area is 195 Å². The molecule has 7 aromatic rings. The van der Waals surface area contributed by atoms with Gasteiger partial charge in [0.25, 0.3) is 0 Å². The lowest BCUT2D eigenvalue weighted by atomic mass is 9.97. The third kappa shape index (κ3) is 3.00. The zero-order valence-electron chi connectivity index (χ0n) is 18.2. The number of aromatic nitrogens is 4. The molecule has 3 heterocycles. The summed E-state index contributed by atoms with van der Waals surface area (Å²) in [6.45, 7) is 0. The molecule has 0 saturated carbocycles. The molecule has 0 saturated heterocycles. The summed E-state index contributed by atoms with van der Waals surface area (Å²) < 4.78 is 0. The van der Waals surface area contributed by atoms with E-state index in [4.69, 9.17) is 19.9 Å². The average molecular weight is 435 g/mol. The van der Waals surface area contributed by atoms with Crippen LogP contribution in [0.5, 0.6) is 0 Å². The highest BCUT2D eigenvalue weighted by atomic mass is 14.8. The topological polar surface area (TPSA) is 51.6 Å². The molecule has 0 radical (unpaired) electrons. The minimum absolute atomic E-state index is 0.828. The molecule has 0 bridgehead atoms. The molecule has 3 aromatic heterocycles. The molecule has 4 nitrogen and oxygen atoms in total. The largest absolute Gasteiger partial charge is 0.248 e. The summed E-state index contributed by atoms with van der Waals surface area (Å²) in [4.78, 5) is 20.0. The van der Waals surface area contributed by atoms with Crippen LogP contribution in [-0.4, -0.2) is 19.9 Å². The second-order valence-electron chi connectivity index (χ2n) is 8.35. The van der Waals surface area contributed by atoms with Crippen LogP contribution in [0.4, 0.5) is 0 Å². The first-order chi connectivity index (χ1) is 16.8. The SMILES string of the molecule is c1ccc2nc(-c3ccc4nc5ccccc5nc4c3-c3ccc4ccccc4n3)ccc2c1. The van der Waals surface area contributed by atoms with Crippen LogP contribution in [0.15, 0.2) is 109 Å². The Kier molecular flexibility index (Phi) is 4.11.